The second kappa shape index (κ2) is 3.47. The first-order valence-corrected chi connectivity index (χ1v) is 6.67. The standard InChI is InChI=1S/C9H17NO3S/c1-6(14(11,12)10-2)8-5-7-3-4-9(8)13-7/h6-10H,3-5H2,1-2H3. The van der Waals surface area contributed by atoms with Gasteiger partial charge in [-0.05, 0) is 33.2 Å². The molecule has 0 aromatic heterocycles. The quantitative estimate of drug-likeness (QED) is 0.751. The number of fused-ring (bicyclic) bond motifs is 2. The Morgan fingerprint density at radius 3 is 2.57 bits per heavy atom. The van der Waals surface area contributed by atoms with E-state index in [9.17, 15) is 8.42 Å². The van der Waals surface area contributed by atoms with Crippen LogP contribution in [-0.2, 0) is 14.8 Å². The maximum atomic E-state index is 11.6. The third-order valence-electron chi connectivity index (χ3n) is 3.53. The molecular weight excluding hydrogens is 202 g/mol. The highest BCUT2D eigenvalue weighted by Gasteiger charge is 2.46. The first-order chi connectivity index (χ1) is 6.54. The van der Waals surface area contributed by atoms with Gasteiger partial charge in [0.2, 0.25) is 10.0 Å². The largest absolute Gasteiger partial charge is 0.375 e. The van der Waals surface area contributed by atoms with Gasteiger partial charge in [-0.2, -0.15) is 0 Å². The molecule has 14 heavy (non-hydrogen) atoms. The lowest BCUT2D eigenvalue weighted by Crippen LogP contribution is -2.39. The predicted octanol–water partition coefficient (Wildman–Crippen LogP) is 0.492. The number of rotatable bonds is 3. The van der Waals surface area contributed by atoms with Crippen LogP contribution in [0.1, 0.15) is 26.2 Å². The molecule has 2 saturated heterocycles. The van der Waals surface area contributed by atoms with Crippen molar-refractivity contribution in [3.63, 3.8) is 0 Å². The van der Waals surface area contributed by atoms with E-state index in [1.807, 2.05) is 0 Å². The fraction of sp³-hybridized carbons (Fsp3) is 1.00. The smallest absolute Gasteiger partial charge is 0.214 e. The summed E-state index contributed by atoms with van der Waals surface area (Å²) in [4.78, 5) is 0. The molecule has 82 valence electrons. The van der Waals surface area contributed by atoms with Gasteiger partial charge >= 0.3 is 0 Å². The van der Waals surface area contributed by atoms with E-state index < -0.39 is 10.0 Å². The Balaban J connectivity index is 2.10. The Morgan fingerprint density at radius 1 is 1.43 bits per heavy atom. The van der Waals surface area contributed by atoms with Gasteiger partial charge < -0.3 is 4.74 Å². The van der Waals surface area contributed by atoms with Gasteiger partial charge in [0.25, 0.3) is 0 Å². The van der Waals surface area contributed by atoms with Gasteiger partial charge in [0.1, 0.15) is 0 Å². The van der Waals surface area contributed by atoms with Crippen LogP contribution in [0.5, 0.6) is 0 Å². The number of sulfonamides is 1. The monoisotopic (exact) mass is 219 g/mol. The molecule has 5 heteroatoms. The van der Waals surface area contributed by atoms with Gasteiger partial charge in [0, 0.05) is 5.92 Å². The van der Waals surface area contributed by atoms with Crippen molar-refractivity contribution >= 4 is 10.0 Å². The molecule has 1 N–H and O–H groups in total. The lowest BCUT2D eigenvalue weighted by Gasteiger charge is -2.24. The SMILES string of the molecule is CNS(=O)(=O)C(C)C1CC2CCC1O2. The predicted molar refractivity (Wildman–Crippen MR) is 53.4 cm³/mol. The topological polar surface area (TPSA) is 55.4 Å². The van der Waals surface area contributed by atoms with Gasteiger partial charge in [0.05, 0.1) is 17.5 Å². The molecule has 2 heterocycles. The van der Waals surface area contributed by atoms with E-state index in [-0.39, 0.29) is 17.3 Å². The van der Waals surface area contributed by atoms with E-state index in [0.717, 1.165) is 19.3 Å². The highest BCUT2D eigenvalue weighted by molar-refractivity contribution is 7.90. The van der Waals surface area contributed by atoms with Crippen LogP contribution < -0.4 is 4.72 Å². The average Bonchev–Trinajstić information content (AvgIpc) is 2.77. The minimum atomic E-state index is -3.13. The first kappa shape index (κ1) is 10.4. The second-order valence-corrected chi connectivity index (χ2v) is 6.47. The highest BCUT2D eigenvalue weighted by atomic mass is 32.2. The van der Waals surface area contributed by atoms with E-state index in [1.54, 1.807) is 6.92 Å². The zero-order valence-corrected chi connectivity index (χ0v) is 9.38. The Morgan fingerprint density at radius 2 is 2.14 bits per heavy atom. The zero-order chi connectivity index (χ0) is 10.3. The zero-order valence-electron chi connectivity index (χ0n) is 8.56. The molecule has 4 unspecified atom stereocenters. The van der Waals surface area contributed by atoms with E-state index in [2.05, 4.69) is 4.72 Å². The van der Waals surface area contributed by atoms with Crippen molar-refractivity contribution < 1.29 is 13.2 Å². The lowest BCUT2D eigenvalue weighted by molar-refractivity contribution is 0.0923. The second-order valence-electron chi connectivity index (χ2n) is 4.23. The number of nitrogens with one attached hydrogen (secondary N) is 1. The van der Waals surface area contributed by atoms with Crippen LogP contribution in [0.2, 0.25) is 0 Å². The fourth-order valence-corrected chi connectivity index (χ4v) is 3.71. The minimum Gasteiger partial charge on any atom is -0.375 e. The van der Waals surface area contributed by atoms with Crippen molar-refractivity contribution in [3.05, 3.63) is 0 Å². The van der Waals surface area contributed by atoms with Crippen molar-refractivity contribution in [2.45, 2.75) is 43.6 Å². The molecule has 0 saturated carbocycles. The van der Waals surface area contributed by atoms with Crippen molar-refractivity contribution in [2.75, 3.05) is 7.05 Å². The molecule has 2 rings (SSSR count). The van der Waals surface area contributed by atoms with Crippen LogP contribution in [0.25, 0.3) is 0 Å². The molecular formula is C9H17NO3S. The van der Waals surface area contributed by atoms with Gasteiger partial charge in [-0.15, -0.1) is 0 Å². The number of hydrogen-bond acceptors (Lipinski definition) is 3. The van der Waals surface area contributed by atoms with Crippen LogP contribution >= 0.6 is 0 Å². The summed E-state index contributed by atoms with van der Waals surface area (Å²) in [5, 5.41) is -0.331. The molecule has 0 aliphatic carbocycles. The van der Waals surface area contributed by atoms with E-state index in [0.29, 0.717) is 6.10 Å². The molecule has 0 aromatic carbocycles. The minimum absolute atomic E-state index is 0.179. The third kappa shape index (κ3) is 1.57. The normalized spacial score (nSPS) is 38.9. The molecule has 2 aliphatic heterocycles. The van der Waals surface area contributed by atoms with Crippen LogP contribution in [0.3, 0.4) is 0 Å². The Labute approximate surface area is 85.1 Å². The van der Waals surface area contributed by atoms with E-state index in [4.69, 9.17) is 4.74 Å². The summed E-state index contributed by atoms with van der Waals surface area (Å²) in [7, 11) is -1.66. The first-order valence-electron chi connectivity index (χ1n) is 5.12. The summed E-state index contributed by atoms with van der Waals surface area (Å²) in [6, 6.07) is 0. The van der Waals surface area contributed by atoms with Gasteiger partial charge in [0.15, 0.2) is 0 Å². The lowest BCUT2D eigenvalue weighted by atomic mass is 9.87. The third-order valence-corrected chi connectivity index (χ3v) is 5.43. The summed E-state index contributed by atoms with van der Waals surface area (Å²) in [5.74, 6) is 0.186. The molecule has 2 fully saturated rings. The molecule has 0 aromatic rings. The van der Waals surface area contributed by atoms with Gasteiger partial charge in [-0.3, -0.25) is 0 Å². The number of ether oxygens (including phenoxy) is 1. The maximum absolute atomic E-state index is 11.6. The summed E-state index contributed by atoms with van der Waals surface area (Å²) in [6.07, 6.45) is 3.54. The van der Waals surface area contributed by atoms with Crippen molar-refractivity contribution in [1.29, 1.82) is 0 Å². The molecule has 0 radical (unpaired) electrons. The van der Waals surface area contributed by atoms with Crippen LogP contribution in [0.15, 0.2) is 0 Å². The molecule has 2 aliphatic rings. The van der Waals surface area contributed by atoms with Gasteiger partial charge in [-0.1, -0.05) is 0 Å². The van der Waals surface area contributed by atoms with Crippen molar-refractivity contribution in [3.8, 4) is 0 Å². The van der Waals surface area contributed by atoms with E-state index in [1.165, 1.54) is 7.05 Å². The highest BCUT2D eigenvalue weighted by Crippen LogP contribution is 2.41. The van der Waals surface area contributed by atoms with Crippen LogP contribution in [0, 0.1) is 5.92 Å². The molecule has 4 atom stereocenters. The summed E-state index contributed by atoms with van der Waals surface area (Å²) >= 11 is 0. The Hall–Kier alpha value is -0.130. The van der Waals surface area contributed by atoms with Crippen molar-refractivity contribution in [2.24, 2.45) is 5.92 Å². The average molecular weight is 219 g/mol. The van der Waals surface area contributed by atoms with Crippen LogP contribution in [0.4, 0.5) is 0 Å². The fourth-order valence-electron chi connectivity index (χ4n) is 2.59. The van der Waals surface area contributed by atoms with Gasteiger partial charge in [-0.25, -0.2) is 13.1 Å². The summed E-state index contributed by atoms with van der Waals surface area (Å²) in [5.41, 5.74) is 0. The Kier molecular flexibility index (Phi) is 2.57. The molecule has 4 nitrogen and oxygen atoms in total. The summed E-state index contributed by atoms with van der Waals surface area (Å²) in [6.45, 7) is 1.78. The molecule has 0 spiro atoms. The number of hydrogen-bond donors (Lipinski definition) is 1. The molecule has 0 amide bonds. The van der Waals surface area contributed by atoms with Crippen molar-refractivity contribution in [1.82, 2.24) is 4.72 Å². The maximum Gasteiger partial charge on any atom is 0.214 e. The summed E-state index contributed by atoms with van der Waals surface area (Å²) < 4.78 is 31.2. The van der Waals surface area contributed by atoms with E-state index >= 15 is 0 Å². The Bertz CT molecular complexity index is 314. The van der Waals surface area contributed by atoms with Crippen LogP contribution in [-0.4, -0.2) is 32.9 Å². The molecule has 2 bridgehead atoms.